The van der Waals surface area contributed by atoms with Gasteiger partial charge in [-0.15, -0.1) is 0 Å². The lowest BCUT2D eigenvalue weighted by Gasteiger charge is -2.38. The zero-order valence-corrected chi connectivity index (χ0v) is 16.2. The van der Waals surface area contributed by atoms with Crippen LogP contribution in [0.5, 0.6) is 0 Å². The second-order valence-corrected chi connectivity index (χ2v) is 7.31. The van der Waals surface area contributed by atoms with E-state index in [0.29, 0.717) is 17.2 Å². The maximum Gasteiger partial charge on any atom is 0.150 e. The number of anilines is 1. The first-order chi connectivity index (χ1) is 14.3. The Morgan fingerprint density at radius 2 is 1.90 bits per heavy atom. The highest BCUT2D eigenvalue weighted by atomic mass is 16.1. The first-order valence-electron chi connectivity index (χ1n) is 9.89. The Labute approximate surface area is 171 Å². The van der Waals surface area contributed by atoms with Crippen molar-refractivity contribution in [2.24, 2.45) is 0 Å². The van der Waals surface area contributed by atoms with Gasteiger partial charge >= 0.3 is 0 Å². The Kier molecular flexibility index (Phi) is 5.69. The molecule has 0 aromatic heterocycles. The highest BCUT2D eigenvalue weighted by Gasteiger charge is 2.23. The Hall–Kier alpha value is -3.42. The molecular weight excluding hydrogens is 358 g/mol. The number of benzene rings is 3. The number of aldehydes is 1. The number of nitrogens with zero attached hydrogens (tertiary/aromatic N) is 2. The molecule has 29 heavy (non-hydrogen) atoms. The van der Waals surface area contributed by atoms with Crippen molar-refractivity contribution in [3.05, 3.63) is 89.5 Å². The molecule has 1 fully saturated rings. The van der Waals surface area contributed by atoms with Crippen LogP contribution in [0.15, 0.2) is 72.8 Å². The maximum absolute atomic E-state index is 11.0. The summed E-state index contributed by atoms with van der Waals surface area (Å²) in [4.78, 5) is 13.4. The third-order valence-corrected chi connectivity index (χ3v) is 5.49. The van der Waals surface area contributed by atoms with Crippen LogP contribution >= 0.6 is 0 Å². The number of piperazine rings is 1. The minimum atomic E-state index is 0.311. The lowest BCUT2D eigenvalue weighted by atomic mass is 9.93. The van der Waals surface area contributed by atoms with Crippen LogP contribution in [0.3, 0.4) is 0 Å². The van der Waals surface area contributed by atoms with Gasteiger partial charge in [-0.05, 0) is 59.5 Å². The van der Waals surface area contributed by atoms with Crippen LogP contribution in [0.4, 0.5) is 5.69 Å². The number of hydrogen-bond acceptors (Lipinski definition) is 4. The van der Waals surface area contributed by atoms with Crippen molar-refractivity contribution >= 4 is 12.0 Å². The fourth-order valence-electron chi connectivity index (χ4n) is 4.02. The molecule has 4 nitrogen and oxygen atoms in total. The second kappa shape index (κ2) is 8.72. The number of hydrogen-bond donors (Lipinski definition) is 1. The van der Waals surface area contributed by atoms with E-state index in [4.69, 9.17) is 0 Å². The van der Waals surface area contributed by atoms with Crippen molar-refractivity contribution in [2.75, 3.05) is 24.5 Å². The Bertz CT molecular complexity index is 1040. The number of rotatable bonds is 5. The van der Waals surface area contributed by atoms with Gasteiger partial charge in [0.25, 0.3) is 0 Å². The predicted molar refractivity (Wildman–Crippen MR) is 116 cm³/mol. The SMILES string of the molecule is N#Cc1cccc(-c2ccccc2CC2CNCCN2c2ccc(C=O)cc2)c1. The molecule has 4 rings (SSSR count). The van der Waals surface area contributed by atoms with E-state index in [-0.39, 0.29) is 0 Å². The molecule has 4 heteroatoms. The molecule has 1 aliphatic rings. The predicted octanol–water partition coefficient (Wildman–Crippen LogP) is 4.06. The van der Waals surface area contributed by atoms with Crippen LogP contribution in [0.1, 0.15) is 21.5 Å². The quantitative estimate of drug-likeness (QED) is 0.677. The normalized spacial score (nSPS) is 16.2. The molecule has 0 radical (unpaired) electrons. The van der Waals surface area contributed by atoms with Crippen molar-refractivity contribution in [2.45, 2.75) is 12.5 Å². The van der Waals surface area contributed by atoms with Crippen LogP contribution in [0, 0.1) is 11.3 Å². The van der Waals surface area contributed by atoms with E-state index in [1.807, 2.05) is 48.5 Å². The summed E-state index contributed by atoms with van der Waals surface area (Å²) in [5.41, 5.74) is 6.03. The standard InChI is InChI=1S/C25H23N3O/c26-16-20-4-3-6-21(14-20)25-7-2-1-5-22(25)15-24-17-27-12-13-28(24)23-10-8-19(18-29)9-11-23/h1-11,14,18,24,27H,12-13,15,17H2. The first-order valence-corrected chi connectivity index (χ1v) is 9.89. The second-order valence-electron chi connectivity index (χ2n) is 7.31. The molecule has 0 spiro atoms. The average Bonchev–Trinajstić information content (AvgIpc) is 2.80. The molecule has 1 atom stereocenters. The van der Waals surface area contributed by atoms with Gasteiger partial charge in [0.15, 0.2) is 0 Å². The molecule has 1 aliphatic heterocycles. The summed E-state index contributed by atoms with van der Waals surface area (Å²) in [5, 5.41) is 12.8. The van der Waals surface area contributed by atoms with Gasteiger partial charge in [-0.25, -0.2) is 0 Å². The average molecular weight is 381 g/mol. The first kappa shape index (κ1) is 18.9. The van der Waals surface area contributed by atoms with Gasteiger partial charge in [-0.1, -0.05) is 36.4 Å². The highest BCUT2D eigenvalue weighted by molar-refractivity contribution is 5.76. The summed E-state index contributed by atoms with van der Waals surface area (Å²) < 4.78 is 0. The summed E-state index contributed by atoms with van der Waals surface area (Å²) >= 11 is 0. The molecule has 1 heterocycles. The van der Waals surface area contributed by atoms with Crippen molar-refractivity contribution < 1.29 is 4.79 Å². The minimum Gasteiger partial charge on any atom is -0.366 e. The number of carbonyl (C=O) groups excluding carboxylic acids is 1. The highest BCUT2D eigenvalue weighted by Crippen LogP contribution is 2.28. The van der Waals surface area contributed by atoms with E-state index >= 15 is 0 Å². The van der Waals surface area contributed by atoms with Gasteiger partial charge in [-0.3, -0.25) is 4.79 Å². The molecule has 1 N–H and O–H groups in total. The van der Waals surface area contributed by atoms with Gasteiger partial charge in [0.05, 0.1) is 11.6 Å². The summed E-state index contributed by atoms with van der Waals surface area (Å²) in [7, 11) is 0. The van der Waals surface area contributed by atoms with Crippen molar-refractivity contribution in [3.63, 3.8) is 0 Å². The number of nitrogens with one attached hydrogen (secondary N) is 1. The molecule has 0 amide bonds. The van der Waals surface area contributed by atoms with Crippen LogP contribution in [-0.4, -0.2) is 32.0 Å². The smallest absolute Gasteiger partial charge is 0.150 e. The van der Waals surface area contributed by atoms with E-state index < -0.39 is 0 Å². The van der Waals surface area contributed by atoms with Crippen LogP contribution < -0.4 is 10.2 Å². The maximum atomic E-state index is 11.0. The third kappa shape index (κ3) is 4.21. The molecule has 0 aliphatic carbocycles. The fraction of sp³-hybridized carbons (Fsp3) is 0.200. The molecular formula is C25H23N3O. The van der Waals surface area contributed by atoms with E-state index in [9.17, 15) is 10.1 Å². The summed E-state index contributed by atoms with van der Waals surface area (Å²) in [6, 6.07) is 26.6. The van der Waals surface area contributed by atoms with Crippen LogP contribution in [-0.2, 0) is 6.42 Å². The van der Waals surface area contributed by atoms with Crippen molar-refractivity contribution in [1.29, 1.82) is 5.26 Å². The van der Waals surface area contributed by atoms with E-state index in [1.54, 1.807) is 0 Å². The van der Waals surface area contributed by atoms with Gasteiger partial charge in [0.2, 0.25) is 0 Å². The lowest BCUT2D eigenvalue weighted by molar-refractivity contribution is 0.112. The van der Waals surface area contributed by atoms with Crippen LogP contribution in [0.2, 0.25) is 0 Å². The molecule has 0 bridgehead atoms. The molecule has 0 saturated carbocycles. The zero-order chi connectivity index (χ0) is 20.1. The topological polar surface area (TPSA) is 56.1 Å². The minimum absolute atomic E-state index is 0.311. The molecule has 3 aromatic rings. The van der Waals surface area contributed by atoms with Crippen LogP contribution in [0.25, 0.3) is 11.1 Å². The summed E-state index contributed by atoms with van der Waals surface area (Å²) in [5.74, 6) is 0. The largest absolute Gasteiger partial charge is 0.366 e. The third-order valence-electron chi connectivity index (χ3n) is 5.49. The van der Waals surface area contributed by atoms with E-state index in [2.05, 4.69) is 40.6 Å². The molecule has 1 unspecified atom stereocenters. The van der Waals surface area contributed by atoms with Crippen molar-refractivity contribution in [1.82, 2.24) is 5.32 Å². The van der Waals surface area contributed by atoms with Gasteiger partial charge in [-0.2, -0.15) is 5.26 Å². The Balaban J connectivity index is 1.63. The lowest BCUT2D eigenvalue weighted by Crippen LogP contribution is -2.52. The Morgan fingerprint density at radius 3 is 2.69 bits per heavy atom. The van der Waals surface area contributed by atoms with E-state index in [0.717, 1.165) is 43.6 Å². The Morgan fingerprint density at radius 1 is 1.07 bits per heavy atom. The zero-order valence-electron chi connectivity index (χ0n) is 16.2. The van der Waals surface area contributed by atoms with Gasteiger partial charge in [0.1, 0.15) is 6.29 Å². The van der Waals surface area contributed by atoms with Gasteiger partial charge < -0.3 is 10.2 Å². The molecule has 3 aromatic carbocycles. The number of carbonyl (C=O) groups is 1. The number of nitriles is 1. The summed E-state index contributed by atoms with van der Waals surface area (Å²) in [6.45, 7) is 2.77. The van der Waals surface area contributed by atoms with E-state index in [1.165, 1.54) is 11.1 Å². The monoisotopic (exact) mass is 381 g/mol. The van der Waals surface area contributed by atoms with Crippen molar-refractivity contribution in [3.8, 4) is 17.2 Å². The fourth-order valence-corrected chi connectivity index (χ4v) is 4.02. The summed E-state index contributed by atoms with van der Waals surface area (Å²) in [6.07, 6.45) is 1.78. The van der Waals surface area contributed by atoms with Gasteiger partial charge in [0, 0.05) is 36.9 Å². The molecule has 1 saturated heterocycles. The molecule has 144 valence electrons.